The zero-order valence-electron chi connectivity index (χ0n) is 13.4. The maximum Gasteiger partial charge on any atom is 0.418 e. The molecule has 0 radical (unpaired) electrons. The Morgan fingerprint density at radius 2 is 1.78 bits per heavy atom. The second-order valence-electron chi connectivity index (χ2n) is 6.00. The molecule has 7 heteroatoms. The smallest absolute Gasteiger partial charge is 0.324 e. The van der Waals surface area contributed by atoms with Crippen LogP contribution in [0.5, 0.6) is 0 Å². The van der Waals surface area contributed by atoms with Crippen molar-refractivity contribution in [1.82, 2.24) is 9.80 Å². The van der Waals surface area contributed by atoms with Crippen molar-refractivity contribution in [2.24, 2.45) is 0 Å². The summed E-state index contributed by atoms with van der Waals surface area (Å²) >= 11 is 0. The average molecular weight is 329 g/mol. The number of piperazine rings is 1. The lowest BCUT2D eigenvalue weighted by Crippen LogP contribution is -2.50. The highest BCUT2D eigenvalue weighted by Crippen LogP contribution is 2.34. The molecule has 1 aromatic carbocycles. The minimum atomic E-state index is -4.48. The normalized spacial score (nSPS) is 17.5. The summed E-state index contributed by atoms with van der Waals surface area (Å²) in [5, 5.41) is 2.38. The van der Waals surface area contributed by atoms with Gasteiger partial charge in [-0.15, -0.1) is 0 Å². The first-order valence-electron chi connectivity index (χ1n) is 7.70. The van der Waals surface area contributed by atoms with Crippen LogP contribution in [0.1, 0.15) is 19.4 Å². The van der Waals surface area contributed by atoms with Crippen LogP contribution in [0.3, 0.4) is 0 Å². The summed E-state index contributed by atoms with van der Waals surface area (Å²) in [6, 6.07) is 5.49. The molecule has 128 valence electrons. The lowest BCUT2D eigenvalue weighted by atomic mass is 10.1. The molecule has 1 N–H and O–H groups in total. The number of alkyl halides is 3. The van der Waals surface area contributed by atoms with Crippen molar-refractivity contribution < 1.29 is 18.0 Å². The zero-order chi connectivity index (χ0) is 17.0. The van der Waals surface area contributed by atoms with E-state index in [1.54, 1.807) is 0 Å². The fourth-order valence-electron chi connectivity index (χ4n) is 2.67. The summed E-state index contributed by atoms with van der Waals surface area (Å²) in [4.78, 5) is 16.3. The summed E-state index contributed by atoms with van der Waals surface area (Å²) in [6.07, 6.45) is -4.48. The van der Waals surface area contributed by atoms with E-state index in [-0.39, 0.29) is 12.2 Å². The second-order valence-corrected chi connectivity index (χ2v) is 6.00. The van der Waals surface area contributed by atoms with Gasteiger partial charge in [0.25, 0.3) is 0 Å². The fourth-order valence-corrected chi connectivity index (χ4v) is 2.67. The molecular weight excluding hydrogens is 307 g/mol. The van der Waals surface area contributed by atoms with Crippen LogP contribution >= 0.6 is 0 Å². The monoisotopic (exact) mass is 329 g/mol. The molecule has 1 fully saturated rings. The van der Waals surface area contributed by atoms with Gasteiger partial charge in [-0.05, 0) is 26.0 Å². The first-order chi connectivity index (χ1) is 10.8. The number of halogens is 3. The van der Waals surface area contributed by atoms with Crippen LogP contribution in [0.25, 0.3) is 0 Å². The van der Waals surface area contributed by atoms with Gasteiger partial charge >= 0.3 is 6.18 Å². The maximum absolute atomic E-state index is 12.9. The van der Waals surface area contributed by atoms with E-state index >= 15 is 0 Å². The van der Waals surface area contributed by atoms with Gasteiger partial charge in [0, 0.05) is 32.2 Å². The molecule has 1 aliphatic rings. The van der Waals surface area contributed by atoms with Crippen molar-refractivity contribution in [1.29, 1.82) is 0 Å². The minimum Gasteiger partial charge on any atom is -0.324 e. The van der Waals surface area contributed by atoms with Crippen LogP contribution in [0, 0.1) is 0 Å². The predicted molar refractivity (Wildman–Crippen MR) is 83.2 cm³/mol. The Kier molecular flexibility index (Phi) is 5.64. The van der Waals surface area contributed by atoms with Crippen LogP contribution in [0.2, 0.25) is 0 Å². The highest BCUT2D eigenvalue weighted by atomic mass is 19.4. The molecule has 4 nitrogen and oxygen atoms in total. The van der Waals surface area contributed by atoms with Crippen molar-refractivity contribution in [3.8, 4) is 0 Å². The van der Waals surface area contributed by atoms with Crippen molar-refractivity contribution in [3.63, 3.8) is 0 Å². The van der Waals surface area contributed by atoms with Gasteiger partial charge in [0.05, 0.1) is 17.8 Å². The van der Waals surface area contributed by atoms with Crippen molar-refractivity contribution >= 4 is 11.6 Å². The van der Waals surface area contributed by atoms with E-state index in [1.807, 2.05) is 4.90 Å². The van der Waals surface area contributed by atoms with Gasteiger partial charge in [-0.25, -0.2) is 0 Å². The average Bonchev–Trinajstić information content (AvgIpc) is 2.47. The number of anilines is 1. The van der Waals surface area contributed by atoms with Gasteiger partial charge in [0.1, 0.15) is 0 Å². The number of amides is 1. The molecule has 0 bridgehead atoms. The molecular formula is C16H22F3N3O. The van der Waals surface area contributed by atoms with Crippen molar-refractivity contribution in [2.45, 2.75) is 26.1 Å². The van der Waals surface area contributed by atoms with Gasteiger partial charge < -0.3 is 5.32 Å². The van der Waals surface area contributed by atoms with Crippen LogP contribution < -0.4 is 5.32 Å². The summed E-state index contributed by atoms with van der Waals surface area (Å²) < 4.78 is 38.7. The topological polar surface area (TPSA) is 35.6 Å². The number of hydrogen-bond donors (Lipinski definition) is 1. The molecule has 23 heavy (non-hydrogen) atoms. The molecule has 0 aliphatic carbocycles. The van der Waals surface area contributed by atoms with Gasteiger partial charge in [0.15, 0.2) is 0 Å². The summed E-state index contributed by atoms with van der Waals surface area (Å²) in [6.45, 7) is 7.57. The number of benzene rings is 1. The minimum absolute atomic E-state index is 0.109. The third-order valence-corrected chi connectivity index (χ3v) is 4.01. The SMILES string of the molecule is CC(C)N1CCN(CC(=O)Nc2ccccc2C(F)(F)F)CC1. The second kappa shape index (κ2) is 7.31. The van der Waals surface area contributed by atoms with E-state index in [1.165, 1.54) is 18.2 Å². The highest BCUT2D eigenvalue weighted by Gasteiger charge is 2.33. The maximum atomic E-state index is 12.9. The van der Waals surface area contributed by atoms with E-state index in [4.69, 9.17) is 0 Å². The molecule has 1 aliphatic heterocycles. The number of carbonyl (C=O) groups is 1. The highest BCUT2D eigenvalue weighted by molar-refractivity contribution is 5.93. The summed E-state index contributed by atoms with van der Waals surface area (Å²) in [5.41, 5.74) is -1.01. The molecule has 1 aromatic rings. The molecule has 0 aromatic heterocycles. The lowest BCUT2D eigenvalue weighted by molar-refractivity contribution is -0.137. The number of carbonyl (C=O) groups excluding carboxylic acids is 1. The molecule has 2 rings (SSSR count). The molecule has 0 spiro atoms. The number of nitrogens with one attached hydrogen (secondary N) is 1. The Labute approximate surface area is 134 Å². The lowest BCUT2D eigenvalue weighted by Gasteiger charge is -2.36. The van der Waals surface area contributed by atoms with E-state index in [0.29, 0.717) is 6.04 Å². The molecule has 1 amide bonds. The van der Waals surface area contributed by atoms with E-state index < -0.39 is 17.6 Å². The molecule has 1 heterocycles. The first kappa shape index (κ1) is 17.7. The van der Waals surface area contributed by atoms with Gasteiger partial charge in [-0.2, -0.15) is 13.2 Å². The Balaban J connectivity index is 1.92. The zero-order valence-corrected chi connectivity index (χ0v) is 13.4. The number of hydrogen-bond acceptors (Lipinski definition) is 3. The van der Waals surface area contributed by atoms with Crippen molar-refractivity contribution in [3.05, 3.63) is 29.8 Å². The third kappa shape index (κ3) is 4.94. The van der Waals surface area contributed by atoms with Gasteiger partial charge in [-0.1, -0.05) is 12.1 Å². The molecule has 0 unspecified atom stereocenters. The van der Waals surface area contributed by atoms with Gasteiger partial charge in [0.2, 0.25) is 5.91 Å². The van der Waals surface area contributed by atoms with Crippen LogP contribution in [0.4, 0.5) is 18.9 Å². The number of para-hydroxylation sites is 1. The third-order valence-electron chi connectivity index (χ3n) is 4.01. The van der Waals surface area contributed by atoms with Gasteiger partial charge in [-0.3, -0.25) is 14.6 Å². The molecule has 1 saturated heterocycles. The van der Waals surface area contributed by atoms with E-state index in [2.05, 4.69) is 24.1 Å². The van der Waals surface area contributed by atoms with Crippen molar-refractivity contribution in [2.75, 3.05) is 38.0 Å². The largest absolute Gasteiger partial charge is 0.418 e. The fraction of sp³-hybridized carbons (Fsp3) is 0.562. The number of nitrogens with zero attached hydrogens (tertiary/aromatic N) is 2. The Morgan fingerprint density at radius 1 is 1.17 bits per heavy atom. The summed E-state index contributed by atoms with van der Waals surface area (Å²) in [7, 11) is 0. The van der Waals surface area contributed by atoms with Crippen LogP contribution in [-0.4, -0.2) is 54.5 Å². The van der Waals surface area contributed by atoms with Crippen LogP contribution in [0.15, 0.2) is 24.3 Å². The Hall–Kier alpha value is -1.60. The predicted octanol–water partition coefficient (Wildman–Crippen LogP) is 2.67. The van der Waals surface area contributed by atoms with Crippen LogP contribution in [-0.2, 0) is 11.0 Å². The Bertz CT molecular complexity index is 538. The summed E-state index contributed by atoms with van der Waals surface area (Å²) in [5.74, 6) is -0.417. The Morgan fingerprint density at radius 3 is 2.35 bits per heavy atom. The first-order valence-corrected chi connectivity index (χ1v) is 7.70. The van der Waals surface area contributed by atoms with E-state index in [0.717, 1.165) is 32.2 Å². The van der Waals surface area contributed by atoms with E-state index in [9.17, 15) is 18.0 Å². The quantitative estimate of drug-likeness (QED) is 0.922. The molecule has 0 saturated carbocycles. The standard InChI is InChI=1S/C16H22F3N3O/c1-12(2)22-9-7-21(8-10-22)11-15(23)20-14-6-4-3-5-13(14)16(17,18)19/h3-6,12H,7-11H2,1-2H3,(H,20,23). The molecule has 0 atom stereocenters. The number of rotatable bonds is 4.